The highest BCUT2D eigenvalue weighted by Crippen LogP contribution is 2.28. The number of hydrogen-bond acceptors (Lipinski definition) is 2. The molecule has 2 atom stereocenters. The SMILES string of the molecule is CNCC(O)c1cccc(F)c1C(C)F. The Hall–Kier alpha value is -1.00. The van der Waals surface area contributed by atoms with Gasteiger partial charge >= 0.3 is 0 Å². The lowest BCUT2D eigenvalue weighted by Crippen LogP contribution is -2.18. The fourth-order valence-electron chi connectivity index (χ4n) is 1.57. The summed E-state index contributed by atoms with van der Waals surface area (Å²) >= 11 is 0. The summed E-state index contributed by atoms with van der Waals surface area (Å²) < 4.78 is 26.5. The van der Waals surface area contributed by atoms with E-state index in [2.05, 4.69) is 5.32 Å². The highest BCUT2D eigenvalue weighted by molar-refractivity contribution is 5.32. The van der Waals surface area contributed by atoms with Gasteiger partial charge in [0.15, 0.2) is 0 Å². The standard InChI is InChI=1S/C11H15F2NO/c1-7(12)11-8(10(15)6-14-2)4-3-5-9(11)13/h3-5,7,10,14-15H,6H2,1-2H3. The van der Waals surface area contributed by atoms with E-state index >= 15 is 0 Å². The maximum atomic E-state index is 13.3. The van der Waals surface area contributed by atoms with Crippen LogP contribution < -0.4 is 5.32 Å². The zero-order chi connectivity index (χ0) is 11.4. The molecule has 0 aliphatic carbocycles. The largest absolute Gasteiger partial charge is 0.387 e. The molecule has 0 amide bonds. The average molecular weight is 215 g/mol. The molecule has 1 aromatic rings. The maximum absolute atomic E-state index is 13.3. The Morgan fingerprint density at radius 3 is 2.67 bits per heavy atom. The monoisotopic (exact) mass is 215 g/mol. The van der Waals surface area contributed by atoms with Crippen LogP contribution in [0.4, 0.5) is 8.78 Å². The van der Waals surface area contributed by atoms with Crippen molar-refractivity contribution in [1.29, 1.82) is 0 Å². The van der Waals surface area contributed by atoms with Gasteiger partial charge in [-0.1, -0.05) is 12.1 Å². The molecule has 2 unspecified atom stereocenters. The highest BCUT2D eigenvalue weighted by atomic mass is 19.1. The third-order valence-electron chi connectivity index (χ3n) is 2.24. The highest BCUT2D eigenvalue weighted by Gasteiger charge is 2.19. The van der Waals surface area contributed by atoms with Crippen LogP contribution in [0.3, 0.4) is 0 Å². The number of benzene rings is 1. The summed E-state index contributed by atoms with van der Waals surface area (Å²) in [7, 11) is 1.67. The molecule has 0 radical (unpaired) electrons. The molecular weight excluding hydrogens is 200 g/mol. The van der Waals surface area contributed by atoms with Gasteiger partial charge in [-0.25, -0.2) is 8.78 Å². The Morgan fingerprint density at radius 1 is 1.47 bits per heavy atom. The van der Waals surface area contributed by atoms with Crippen molar-refractivity contribution in [2.75, 3.05) is 13.6 Å². The van der Waals surface area contributed by atoms with Gasteiger partial charge in [0, 0.05) is 12.1 Å². The van der Waals surface area contributed by atoms with Crippen LogP contribution in [-0.4, -0.2) is 18.7 Å². The molecule has 0 heterocycles. The molecule has 2 N–H and O–H groups in total. The molecule has 0 spiro atoms. The van der Waals surface area contributed by atoms with Crippen molar-refractivity contribution in [2.24, 2.45) is 0 Å². The third-order valence-corrected chi connectivity index (χ3v) is 2.24. The molecular formula is C11H15F2NO. The van der Waals surface area contributed by atoms with Crippen LogP contribution in [0.2, 0.25) is 0 Å². The van der Waals surface area contributed by atoms with Gasteiger partial charge in [-0.15, -0.1) is 0 Å². The van der Waals surface area contributed by atoms with Crippen molar-refractivity contribution in [3.63, 3.8) is 0 Å². The molecule has 0 bridgehead atoms. The van der Waals surface area contributed by atoms with Crippen LogP contribution in [0.15, 0.2) is 18.2 Å². The first kappa shape index (κ1) is 12.1. The van der Waals surface area contributed by atoms with Gasteiger partial charge in [0.2, 0.25) is 0 Å². The number of halogens is 2. The second-order valence-electron chi connectivity index (χ2n) is 3.43. The second-order valence-corrected chi connectivity index (χ2v) is 3.43. The first-order valence-corrected chi connectivity index (χ1v) is 4.83. The maximum Gasteiger partial charge on any atom is 0.129 e. The molecule has 1 rings (SSSR count). The van der Waals surface area contributed by atoms with Crippen molar-refractivity contribution >= 4 is 0 Å². The number of hydrogen-bond donors (Lipinski definition) is 2. The van der Waals surface area contributed by atoms with Gasteiger partial charge in [0.05, 0.1) is 6.10 Å². The smallest absolute Gasteiger partial charge is 0.129 e. The second kappa shape index (κ2) is 5.19. The zero-order valence-electron chi connectivity index (χ0n) is 8.80. The summed E-state index contributed by atoms with van der Waals surface area (Å²) in [5.74, 6) is -0.613. The first-order valence-electron chi connectivity index (χ1n) is 4.83. The van der Waals surface area contributed by atoms with Crippen LogP contribution in [0.1, 0.15) is 30.3 Å². The summed E-state index contributed by atoms with van der Waals surface area (Å²) in [5, 5.41) is 12.4. The van der Waals surface area contributed by atoms with Gasteiger partial charge in [-0.3, -0.25) is 0 Å². The fraction of sp³-hybridized carbons (Fsp3) is 0.455. The molecule has 0 aliphatic heterocycles. The van der Waals surface area contributed by atoms with E-state index in [1.54, 1.807) is 7.05 Å². The lowest BCUT2D eigenvalue weighted by atomic mass is 9.99. The van der Waals surface area contributed by atoms with Crippen LogP contribution in [0.5, 0.6) is 0 Å². The number of rotatable bonds is 4. The Balaban J connectivity index is 3.10. The van der Waals surface area contributed by atoms with Gasteiger partial charge in [-0.2, -0.15) is 0 Å². The van der Waals surface area contributed by atoms with E-state index in [4.69, 9.17) is 0 Å². The van der Waals surface area contributed by atoms with Crippen molar-refractivity contribution in [3.8, 4) is 0 Å². The minimum atomic E-state index is -1.42. The predicted octanol–water partition coefficient (Wildman–Crippen LogP) is 2.11. The zero-order valence-corrected chi connectivity index (χ0v) is 8.80. The Bertz CT molecular complexity index is 328. The van der Waals surface area contributed by atoms with Crippen molar-refractivity contribution in [1.82, 2.24) is 5.32 Å². The fourth-order valence-corrected chi connectivity index (χ4v) is 1.57. The molecule has 2 nitrogen and oxygen atoms in total. The quantitative estimate of drug-likeness (QED) is 0.806. The molecule has 0 fully saturated rings. The van der Waals surface area contributed by atoms with E-state index in [9.17, 15) is 13.9 Å². The predicted molar refractivity (Wildman–Crippen MR) is 54.8 cm³/mol. The number of alkyl halides is 1. The molecule has 1 aromatic carbocycles. The summed E-state index contributed by atoms with van der Waals surface area (Å²) in [6, 6.07) is 4.20. The van der Waals surface area contributed by atoms with Gasteiger partial charge < -0.3 is 10.4 Å². The van der Waals surface area contributed by atoms with Crippen molar-refractivity contribution in [2.45, 2.75) is 19.2 Å². The first-order chi connectivity index (χ1) is 7.07. The third kappa shape index (κ3) is 2.73. The summed E-state index contributed by atoms with van der Waals surface area (Å²) in [5.41, 5.74) is 0.250. The van der Waals surface area contributed by atoms with Crippen LogP contribution in [-0.2, 0) is 0 Å². The number of nitrogens with one attached hydrogen (secondary N) is 1. The van der Waals surface area contributed by atoms with Gasteiger partial charge in [-0.05, 0) is 25.6 Å². The minimum absolute atomic E-state index is 0.0553. The molecule has 4 heteroatoms. The van der Waals surface area contributed by atoms with Gasteiger partial charge in [0.25, 0.3) is 0 Å². The van der Waals surface area contributed by atoms with Crippen LogP contribution in [0.25, 0.3) is 0 Å². The summed E-state index contributed by atoms with van der Waals surface area (Å²) in [4.78, 5) is 0. The van der Waals surface area contributed by atoms with Crippen molar-refractivity contribution < 1.29 is 13.9 Å². The van der Waals surface area contributed by atoms with E-state index in [1.165, 1.54) is 25.1 Å². The number of aliphatic hydroxyl groups is 1. The Kier molecular flexibility index (Phi) is 4.17. The topological polar surface area (TPSA) is 32.3 Å². The Morgan fingerprint density at radius 2 is 2.13 bits per heavy atom. The lowest BCUT2D eigenvalue weighted by Gasteiger charge is -2.16. The normalized spacial score (nSPS) is 15.0. The van der Waals surface area contributed by atoms with Crippen LogP contribution in [0, 0.1) is 5.82 Å². The molecule has 15 heavy (non-hydrogen) atoms. The van der Waals surface area contributed by atoms with E-state index in [-0.39, 0.29) is 12.1 Å². The summed E-state index contributed by atoms with van der Waals surface area (Å²) in [6.45, 7) is 1.52. The van der Waals surface area contributed by atoms with E-state index in [0.717, 1.165) is 0 Å². The van der Waals surface area contributed by atoms with E-state index in [1.807, 2.05) is 0 Å². The molecule has 0 aromatic heterocycles. The molecule has 84 valence electrons. The molecule has 0 saturated carbocycles. The lowest BCUT2D eigenvalue weighted by molar-refractivity contribution is 0.173. The number of likely N-dealkylation sites (N-methyl/N-ethyl adjacent to an activating group) is 1. The average Bonchev–Trinajstić information content (AvgIpc) is 2.17. The van der Waals surface area contributed by atoms with Gasteiger partial charge in [0.1, 0.15) is 12.0 Å². The van der Waals surface area contributed by atoms with Crippen LogP contribution >= 0.6 is 0 Å². The minimum Gasteiger partial charge on any atom is -0.387 e. The molecule has 0 aliphatic rings. The molecule has 0 saturated heterocycles. The van der Waals surface area contributed by atoms with E-state index in [0.29, 0.717) is 5.56 Å². The Labute approximate surface area is 87.9 Å². The van der Waals surface area contributed by atoms with Crippen molar-refractivity contribution in [3.05, 3.63) is 35.1 Å². The number of aliphatic hydroxyl groups excluding tert-OH is 1. The summed E-state index contributed by atoms with van der Waals surface area (Å²) in [6.07, 6.45) is -2.31. The van der Waals surface area contributed by atoms with E-state index < -0.39 is 18.1 Å².